The van der Waals surface area contributed by atoms with Gasteiger partial charge in [-0.25, -0.2) is 14.8 Å². The highest BCUT2D eigenvalue weighted by molar-refractivity contribution is 6.01. The summed E-state index contributed by atoms with van der Waals surface area (Å²) in [5.41, 5.74) is 26.1. The number of nitrogens with one attached hydrogen (secondary N) is 2. The molecule has 0 bridgehead atoms. The van der Waals surface area contributed by atoms with E-state index in [1.807, 2.05) is 24.3 Å². The molecule has 1 aliphatic rings. The number of rotatable bonds is 16. The van der Waals surface area contributed by atoms with Crippen molar-refractivity contribution in [3.8, 4) is 5.75 Å². The SMILES string of the molecule is [N-]=[N+]=NCc1ccccc1C[C@]1(C(=O)NNCCc2ccc(F)cc2)N=C(c2ccc(OCCCO)cc2)O[C@H]1c1ccccc1N=[N+]=[N-]. The Labute approximate surface area is 281 Å². The van der Waals surface area contributed by atoms with Crippen LogP contribution in [-0.4, -0.2) is 42.2 Å². The molecule has 1 aliphatic heterocycles. The van der Waals surface area contributed by atoms with Crippen molar-refractivity contribution in [3.63, 3.8) is 0 Å². The Morgan fingerprint density at radius 3 is 2.45 bits per heavy atom. The van der Waals surface area contributed by atoms with E-state index < -0.39 is 17.6 Å². The van der Waals surface area contributed by atoms with Gasteiger partial charge in [0, 0.05) is 52.6 Å². The Bertz CT molecular complexity index is 1870. The maximum absolute atomic E-state index is 14.5. The second-order valence-electron chi connectivity index (χ2n) is 11.1. The van der Waals surface area contributed by atoms with Gasteiger partial charge in [-0.2, -0.15) is 0 Å². The van der Waals surface area contributed by atoms with Crippen LogP contribution in [0.4, 0.5) is 10.1 Å². The molecule has 49 heavy (non-hydrogen) atoms. The summed E-state index contributed by atoms with van der Waals surface area (Å²) in [7, 11) is 0. The molecule has 1 heterocycles. The van der Waals surface area contributed by atoms with Gasteiger partial charge in [0.25, 0.3) is 5.91 Å². The molecule has 0 saturated carbocycles. The molecular weight excluding hydrogens is 629 g/mol. The Balaban J connectivity index is 1.56. The topological polar surface area (TPSA) is 190 Å². The molecular formula is C35H34FN9O4. The fraction of sp³-hybridized carbons (Fsp3) is 0.257. The van der Waals surface area contributed by atoms with Gasteiger partial charge in [0.1, 0.15) is 11.6 Å². The zero-order valence-electron chi connectivity index (χ0n) is 26.4. The van der Waals surface area contributed by atoms with Crippen molar-refractivity contribution in [1.29, 1.82) is 0 Å². The van der Waals surface area contributed by atoms with Crippen molar-refractivity contribution in [2.45, 2.75) is 37.5 Å². The third-order valence-corrected chi connectivity index (χ3v) is 7.94. The number of aliphatic imine (C=N–C) groups is 1. The van der Waals surface area contributed by atoms with Crippen LogP contribution >= 0.6 is 0 Å². The molecule has 1 amide bonds. The van der Waals surface area contributed by atoms with Gasteiger partial charge in [-0.1, -0.05) is 70.9 Å². The van der Waals surface area contributed by atoms with E-state index in [1.165, 1.54) is 12.1 Å². The molecule has 250 valence electrons. The van der Waals surface area contributed by atoms with Gasteiger partial charge in [0.2, 0.25) is 5.90 Å². The Kier molecular flexibility index (Phi) is 11.8. The number of benzene rings is 4. The normalized spacial score (nSPS) is 16.4. The third-order valence-electron chi connectivity index (χ3n) is 7.94. The predicted molar refractivity (Wildman–Crippen MR) is 181 cm³/mol. The van der Waals surface area contributed by atoms with E-state index in [-0.39, 0.29) is 37.0 Å². The largest absolute Gasteiger partial charge is 0.494 e. The fourth-order valence-corrected chi connectivity index (χ4v) is 5.50. The van der Waals surface area contributed by atoms with Crippen molar-refractivity contribution in [3.05, 3.63) is 152 Å². The highest BCUT2D eigenvalue weighted by Crippen LogP contribution is 2.45. The lowest BCUT2D eigenvalue weighted by atomic mass is 9.80. The molecule has 0 spiro atoms. The molecule has 14 heteroatoms. The number of nitrogens with zero attached hydrogens (tertiary/aromatic N) is 7. The van der Waals surface area contributed by atoms with Crippen molar-refractivity contribution >= 4 is 17.5 Å². The van der Waals surface area contributed by atoms with Crippen LogP contribution in [0.3, 0.4) is 0 Å². The molecule has 13 nitrogen and oxygen atoms in total. The number of carbonyl (C=O) groups excluding carboxylic acids is 1. The Morgan fingerprint density at radius 2 is 1.71 bits per heavy atom. The minimum Gasteiger partial charge on any atom is -0.494 e. The molecule has 0 unspecified atom stereocenters. The average molecular weight is 664 g/mol. The monoisotopic (exact) mass is 663 g/mol. The van der Waals surface area contributed by atoms with E-state index in [1.54, 1.807) is 60.7 Å². The van der Waals surface area contributed by atoms with E-state index in [2.05, 4.69) is 30.9 Å². The van der Waals surface area contributed by atoms with Crippen LogP contribution in [0.1, 0.15) is 40.3 Å². The Hall–Kier alpha value is -5.91. The minimum absolute atomic E-state index is 0.0126. The maximum Gasteiger partial charge on any atom is 0.266 e. The highest BCUT2D eigenvalue weighted by atomic mass is 19.1. The van der Waals surface area contributed by atoms with Gasteiger partial charge in [-0.3, -0.25) is 10.2 Å². The summed E-state index contributed by atoms with van der Waals surface area (Å²) in [5.74, 6) is -0.0950. The van der Waals surface area contributed by atoms with Crippen LogP contribution in [0.25, 0.3) is 20.9 Å². The number of aliphatic hydroxyl groups is 1. The lowest BCUT2D eigenvalue weighted by Crippen LogP contribution is -2.54. The third kappa shape index (κ3) is 8.52. The number of aliphatic hydroxyl groups excluding tert-OH is 1. The number of hydrogen-bond acceptors (Lipinski definition) is 8. The molecule has 0 radical (unpaired) electrons. The second kappa shape index (κ2) is 16.8. The van der Waals surface area contributed by atoms with Crippen molar-refractivity contribution < 1.29 is 23.8 Å². The molecule has 3 N–H and O–H groups in total. The molecule has 5 rings (SSSR count). The number of azide groups is 2. The Morgan fingerprint density at radius 1 is 0.980 bits per heavy atom. The fourth-order valence-electron chi connectivity index (χ4n) is 5.50. The van der Waals surface area contributed by atoms with E-state index in [0.717, 1.165) is 5.56 Å². The van der Waals surface area contributed by atoms with Gasteiger partial charge in [-0.15, -0.1) is 0 Å². The average Bonchev–Trinajstić information content (AvgIpc) is 3.51. The lowest BCUT2D eigenvalue weighted by Gasteiger charge is -2.32. The van der Waals surface area contributed by atoms with E-state index in [0.29, 0.717) is 54.0 Å². The lowest BCUT2D eigenvalue weighted by molar-refractivity contribution is -0.130. The summed E-state index contributed by atoms with van der Waals surface area (Å²) in [6.07, 6.45) is -0.0446. The molecule has 4 aromatic rings. The summed E-state index contributed by atoms with van der Waals surface area (Å²) in [6.45, 7) is 0.739. The summed E-state index contributed by atoms with van der Waals surface area (Å²) >= 11 is 0. The smallest absolute Gasteiger partial charge is 0.266 e. The van der Waals surface area contributed by atoms with Gasteiger partial charge in [0.05, 0.1) is 13.2 Å². The summed E-state index contributed by atoms with van der Waals surface area (Å²) < 4.78 is 25.6. The molecule has 2 atom stereocenters. The maximum atomic E-state index is 14.5. The van der Waals surface area contributed by atoms with Crippen molar-refractivity contribution in [2.24, 2.45) is 15.2 Å². The van der Waals surface area contributed by atoms with Gasteiger partial charge >= 0.3 is 0 Å². The first kappa shape index (κ1) is 34.4. The number of halogens is 1. The number of carbonyl (C=O) groups is 1. The number of amides is 1. The minimum atomic E-state index is -1.65. The first-order chi connectivity index (χ1) is 24.0. The number of ether oxygens (including phenoxy) is 2. The molecule has 0 aliphatic carbocycles. The molecule has 4 aromatic carbocycles. The first-order valence-corrected chi connectivity index (χ1v) is 15.6. The van der Waals surface area contributed by atoms with Gasteiger partial charge in [-0.05, 0) is 70.6 Å². The number of hydrogen-bond donors (Lipinski definition) is 3. The van der Waals surface area contributed by atoms with E-state index >= 15 is 0 Å². The van der Waals surface area contributed by atoms with Crippen molar-refractivity contribution in [2.75, 3.05) is 19.8 Å². The van der Waals surface area contributed by atoms with Gasteiger partial charge < -0.3 is 14.6 Å². The van der Waals surface area contributed by atoms with Crippen molar-refractivity contribution in [1.82, 2.24) is 10.9 Å². The highest BCUT2D eigenvalue weighted by Gasteiger charge is 2.54. The molecule has 0 aromatic heterocycles. The van der Waals surface area contributed by atoms with Gasteiger partial charge in [0.15, 0.2) is 11.6 Å². The van der Waals surface area contributed by atoms with E-state index in [4.69, 9.17) is 25.1 Å². The van der Waals surface area contributed by atoms with Crippen LogP contribution < -0.4 is 15.6 Å². The van der Waals surface area contributed by atoms with E-state index in [9.17, 15) is 14.7 Å². The zero-order chi connectivity index (χ0) is 34.5. The second-order valence-corrected chi connectivity index (χ2v) is 11.1. The predicted octanol–water partition coefficient (Wildman–Crippen LogP) is 6.70. The van der Waals surface area contributed by atoms with Crippen LogP contribution in [0.2, 0.25) is 0 Å². The van der Waals surface area contributed by atoms with Crippen LogP contribution in [-0.2, 0) is 28.9 Å². The zero-order valence-corrected chi connectivity index (χ0v) is 26.4. The van der Waals surface area contributed by atoms with Crippen LogP contribution in [0.5, 0.6) is 5.75 Å². The quantitative estimate of drug-likeness (QED) is 0.0394. The summed E-state index contributed by atoms with van der Waals surface area (Å²) in [5, 5.41) is 16.7. The van der Waals surface area contributed by atoms with Crippen LogP contribution in [0.15, 0.2) is 112 Å². The number of hydrazine groups is 1. The molecule has 0 saturated heterocycles. The summed E-state index contributed by atoms with van der Waals surface area (Å²) in [4.78, 5) is 25.5. The molecule has 0 fully saturated rings. The van der Waals surface area contributed by atoms with Crippen LogP contribution in [0, 0.1) is 5.82 Å². The summed E-state index contributed by atoms with van der Waals surface area (Å²) in [6, 6.07) is 27.2. The standard InChI is InChI=1S/C35H34FN9O4/c36-28-14-10-24(11-15-28)18-19-39-43-34(47)35(22-26-6-1-2-7-27(26)23-40-44-37)32(30-8-3-4-9-31(30)42-45-38)49-33(41-35)25-12-16-29(17-13-25)48-21-5-20-46/h1-4,6-17,32,39,46H,5,18-23H2,(H,43,47)/t32-,35-/m0/s1. The first-order valence-electron chi connectivity index (χ1n) is 15.6.